The molecule has 0 bridgehead atoms. The van der Waals surface area contributed by atoms with E-state index in [-0.39, 0.29) is 0 Å². The van der Waals surface area contributed by atoms with E-state index in [1.54, 1.807) is 0 Å². The molecule has 0 atom stereocenters. The molecule has 2 N–H and O–H groups in total. The number of H-pyrrole nitrogens is 2. The first-order valence-corrected chi connectivity index (χ1v) is 5.06. The van der Waals surface area contributed by atoms with Gasteiger partial charge in [0.25, 0.3) is 11.0 Å². The molecule has 2 aromatic heterocycles. The first-order valence-electron chi connectivity index (χ1n) is 5.06. The number of aromatic nitrogens is 2. The van der Waals surface area contributed by atoms with E-state index in [4.69, 9.17) is 0 Å². The van der Waals surface area contributed by atoms with Gasteiger partial charge < -0.3 is 0 Å². The van der Waals surface area contributed by atoms with Crippen LogP contribution in [-0.2, 0) is 0 Å². The van der Waals surface area contributed by atoms with Gasteiger partial charge in [-0.1, -0.05) is 0 Å². The topological polar surface area (TPSA) is 28.3 Å². The van der Waals surface area contributed by atoms with Crippen LogP contribution in [0, 0.1) is 6.92 Å². The lowest BCUT2D eigenvalue weighted by Gasteiger charge is -1.94. The summed E-state index contributed by atoms with van der Waals surface area (Å²) < 4.78 is 0. The second-order valence-electron chi connectivity index (χ2n) is 3.84. The molecule has 72 valence electrons. The van der Waals surface area contributed by atoms with Crippen molar-refractivity contribution in [2.75, 3.05) is 0 Å². The van der Waals surface area contributed by atoms with Crippen LogP contribution < -0.4 is 9.97 Å². The molecule has 3 aromatic rings. The van der Waals surface area contributed by atoms with E-state index in [1.807, 2.05) is 18.5 Å². The highest BCUT2D eigenvalue weighted by Gasteiger charge is 2.11. The fraction of sp³-hybridized carbons (Fsp3) is 0.0769. The minimum atomic E-state index is 1.16. The molecule has 0 radical (unpaired) electrons. The van der Waals surface area contributed by atoms with Gasteiger partial charge in [-0.2, -0.15) is 0 Å². The molecule has 3 rings (SSSR count). The van der Waals surface area contributed by atoms with Crippen molar-refractivity contribution in [1.82, 2.24) is 0 Å². The number of pyridine rings is 2. The lowest BCUT2D eigenvalue weighted by Crippen LogP contribution is -2.10. The van der Waals surface area contributed by atoms with E-state index in [2.05, 4.69) is 41.2 Å². The number of nitrogens with one attached hydrogen (secondary N) is 2. The van der Waals surface area contributed by atoms with Crippen molar-refractivity contribution in [2.24, 2.45) is 0 Å². The van der Waals surface area contributed by atoms with Gasteiger partial charge in [0, 0.05) is 11.6 Å². The summed E-state index contributed by atoms with van der Waals surface area (Å²) in [7, 11) is 0. The number of hydrogen-bond acceptors (Lipinski definition) is 0. The third kappa shape index (κ3) is 1.26. The molecule has 2 heterocycles. The number of hydrogen-bond donors (Lipinski definition) is 0. The standard InChI is InChI=1S/C13H10N2/c1-9-7-11-5-4-10-3-2-6-14-12(10)13(11)15-8-9/h2-8H,1H3/p+2. The average molecular weight is 196 g/mol. The van der Waals surface area contributed by atoms with Gasteiger partial charge in [0.15, 0.2) is 12.4 Å². The van der Waals surface area contributed by atoms with Gasteiger partial charge in [-0.15, -0.1) is 0 Å². The Morgan fingerprint density at radius 2 is 1.73 bits per heavy atom. The monoisotopic (exact) mass is 196 g/mol. The van der Waals surface area contributed by atoms with Gasteiger partial charge in [0.2, 0.25) is 0 Å². The van der Waals surface area contributed by atoms with Gasteiger partial charge in [-0.3, -0.25) is 0 Å². The number of benzene rings is 1. The Hall–Kier alpha value is -1.96. The SMILES string of the molecule is Cc1c[nH+]c2c(ccc3ccc[nH+]c32)c1. The Balaban J connectivity index is 2.55. The van der Waals surface area contributed by atoms with Crippen LogP contribution in [0.5, 0.6) is 0 Å². The molecular formula is C13H12N2+2. The Kier molecular flexibility index (Phi) is 1.68. The summed E-state index contributed by atoms with van der Waals surface area (Å²) in [5.74, 6) is 0. The molecule has 0 aliphatic carbocycles. The number of fused-ring (bicyclic) bond motifs is 3. The molecule has 2 heteroatoms. The third-order valence-electron chi connectivity index (χ3n) is 2.70. The summed E-state index contributed by atoms with van der Waals surface area (Å²) in [5.41, 5.74) is 3.58. The van der Waals surface area contributed by atoms with Crippen LogP contribution in [0.2, 0.25) is 0 Å². The van der Waals surface area contributed by atoms with E-state index < -0.39 is 0 Å². The average Bonchev–Trinajstić information content (AvgIpc) is 2.28. The van der Waals surface area contributed by atoms with Gasteiger partial charge in [0.05, 0.1) is 10.8 Å². The highest BCUT2D eigenvalue weighted by atomic mass is 14.7. The fourth-order valence-electron chi connectivity index (χ4n) is 1.96. The highest BCUT2D eigenvalue weighted by Crippen LogP contribution is 2.18. The van der Waals surface area contributed by atoms with E-state index in [0.717, 1.165) is 5.52 Å². The first-order chi connectivity index (χ1) is 7.34. The quantitative estimate of drug-likeness (QED) is 0.491. The van der Waals surface area contributed by atoms with Gasteiger partial charge in [0.1, 0.15) is 0 Å². The summed E-state index contributed by atoms with van der Waals surface area (Å²) in [4.78, 5) is 6.61. The number of aryl methyl sites for hydroxylation is 1. The summed E-state index contributed by atoms with van der Waals surface area (Å²) in [6.45, 7) is 2.09. The molecule has 15 heavy (non-hydrogen) atoms. The zero-order chi connectivity index (χ0) is 10.3. The predicted octanol–water partition coefficient (Wildman–Crippen LogP) is 1.93. The van der Waals surface area contributed by atoms with E-state index in [9.17, 15) is 0 Å². The molecule has 0 aliphatic heterocycles. The maximum absolute atomic E-state index is 3.33. The number of aromatic amines is 2. The maximum Gasteiger partial charge on any atom is 0.283 e. The van der Waals surface area contributed by atoms with Crippen LogP contribution >= 0.6 is 0 Å². The van der Waals surface area contributed by atoms with Crippen molar-refractivity contribution in [3.63, 3.8) is 0 Å². The lowest BCUT2D eigenvalue weighted by molar-refractivity contribution is -0.368. The van der Waals surface area contributed by atoms with Crippen molar-refractivity contribution in [1.29, 1.82) is 0 Å². The van der Waals surface area contributed by atoms with Gasteiger partial charge >= 0.3 is 0 Å². The Labute approximate surface area is 87.6 Å². The van der Waals surface area contributed by atoms with Crippen LogP contribution in [0.15, 0.2) is 42.7 Å². The molecule has 0 spiro atoms. The zero-order valence-corrected chi connectivity index (χ0v) is 8.54. The summed E-state index contributed by atoms with van der Waals surface area (Å²) >= 11 is 0. The second-order valence-corrected chi connectivity index (χ2v) is 3.84. The third-order valence-corrected chi connectivity index (χ3v) is 2.70. The van der Waals surface area contributed by atoms with Crippen molar-refractivity contribution in [3.05, 3.63) is 48.3 Å². The van der Waals surface area contributed by atoms with E-state index in [1.165, 1.54) is 21.9 Å². The molecule has 0 unspecified atom stereocenters. The molecule has 0 aliphatic rings. The van der Waals surface area contributed by atoms with Crippen molar-refractivity contribution in [2.45, 2.75) is 6.92 Å². The van der Waals surface area contributed by atoms with Crippen LogP contribution in [-0.4, -0.2) is 0 Å². The molecule has 0 amide bonds. The molecule has 2 nitrogen and oxygen atoms in total. The molecule has 0 fully saturated rings. The minimum absolute atomic E-state index is 1.16. The predicted molar refractivity (Wildman–Crippen MR) is 59.3 cm³/mol. The van der Waals surface area contributed by atoms with Crippen LogP contribution in [0.1, 0.15) is 5.56 Å². The van der Waals surface area contributed by atoms with E-state index in [0.29, 0.717) is 0 Å². The molecule has 0 saturated heterocycles. The van der Waals surface area contributed by atoms with Crippen LogP contribution in [0.25, 0.3) is 21.8 Å². The Bertz CT molecular complexity index is 644. The normalized spacial score (nSPS) is 11.0. The van der Waals surface area contributed by atoms with Crippen molar-refractivity contribution in [3.8, 4) is 0 Å². The summed E-state index contributed by atoms with van der Waals surface area (Å²) in [5, 5.41) is 2.47. The smallest absolute Gasteiger partial charge is 0.205 e. The van der Waals surface area contributed by atoms with Gasteiger partial charge in [-0.25, -0.2) is 9.97 Å². The van der Waals surface area contributed by atoms with E-state index >= 15 is 0 Å². The largest absolute Gasteiger partial charge is 0.283 e. The lowest BCUT2D eigenvalue weighted by atomic mass is 10.1. The number of rotatable bonds is 0. The minimum Gasteiger partial charge on any atom is -0.205 e. The Morgan fingerprint density at radius 3 is 2.67 bits per heavy atom. The summed E-state index contributed by atoms with van der Waals surface area (Å²) in [6.07, 6.45) is 3.98. The van der Waals surface area contributed by atoms with Crippen LogP contribution in [0.4, 0.5) is 0 Å². The highest BCUT2D eigenvalue weighted by molar-refractivity contribution is 5.98. The van der Waals surface area contributed by atoms with Crippen molar-refractivity contribution >= 4 is 21.8 Å². The van der Waals surface area contributed by atoms with Crippen molar-refractivity contribution < 1.29 is 9.97 Å². The molecule has 1 aromatic carbocycles. The molecule has 0 saturated carbocycles. The van der Waals surface area contributed by atoms with Crippen LogP contribution in [0.3, 0.4) is 0 Å². The second kappa shape index (κ2) is 3.02. The first kappa shape index (κ1) is 8.36. The maximum atomic E-state index is 3.33. The Morgan fingerprint density at radius 1 is 0.933 bits per heavy atom. The fourth-order valence-corrected chi connectivity index (χ4v) is 1.96. The molecular weight excluding hydrogens is 184 g/mol. The summed E-state index contributed by atoms with van der Waals surface area (Å²) in [6, 6.07) is 10.6. The van der Waals surface area contributed by atoms with Gasteiger partial charge in [-0.05, 0) is 31.2 Å². The zero-order valence-electron chi connectivity index (χ0n) is 8.54.